The summed E-state index contributed by atoms with van der Waals surface area (Å²) >= 11 is 5.96. The third-order valence-electron chi connectivity index (χ3n) is 4.33. The molecule has 1 nitrogen and oxygen atoms in total. The normalized spacial score (nSPS) is 23.2. The van der Waals surface area contributed by atoms with Gasteiger partial charge in [0, 0.05) is 16.6 Å². The summed E-state index contributed by atoms with van der Waals surface area (Å²) in [6.07, 6.45) is 6.74. The minimum Gasteiger partial charge on any atom is -0.294 e. The maximum atomic E-state index is 5.96. The molecule has 3 rings (SSSR count). The SMILES string of the molecule is CN(C1CC1)C1(c2ccc(Cl)cc2)CCC1. The molecule has 2 saturated carbocycles. The lowest BCUT2D eigenvalue weighted by Gasteiger charge is -2.49. The van der Waals surface area contributed by atoms with Crippen molar-refractivity contribution in [3.63, 3.8) is 0 Å². The highest BCUT2D eigenvalue weighted by atomic mass is 35.5. The summed E-state index contributed by atoms with van der Waals surface area (Å²) in [7, 11) is 2.30. The maximum Gasteiger partial charge on any atom is 0.0460 e. The number of hydrogen-bond donors (Lipinski definition) is 0. The van der Waals surface area contributed by atoms with E-state index in [1.165, 1.54) is 37.7 Å². The zero-order chi connectivity index (χ0) is 11.2. The number of hydrogen-bond acceptors (Lipinski definition) is 1. The Balaban J connectivity index is 1.91. The van der Waals surface area contributed by atoms with Gasteiger partial charge < -0.3 is 0 Å². The first-order chi connectivity index (χ1) is 7.72. The van der Waals surface area contributed by atoms with Gasteiger partial charge in [-0.3, -0.25) is 4.90 Å². The average Bonchev–Trinajstić information content (AvgIpc) is 3.02. The Morgan fingerprint density at radius 3 is 2.25 bits per heavy atom. The fourth-order valence-corrected chi connectivity index (χ4v) is 3.05. The van der Waals surface area contributed by atoms with Crippen LogP contribution in [0.25, 0.3) is 0 Å². The molecule has 2 heteroatoms. The molecule has 16 heavy (non-hydrogen) atoms. The van der Waals surface area contributed by atoms with Crippen LogP contribution in [0.3, 0.4) is 0 Å². The zero-order valence-corrected chi connectivity index (χ0v) is 10.5. The van der Waals surface area contributed by atoms with Crippen molar-refractivity contribution in [3.05, 3.63) is 34.9 Å². The van der Waals surface area contributed by atoms with E-state index in [1.807, 2.05) is 12.1 Å². The topological polar surface area (TPSA) is 3.24 Å². The van der Waals surface area contributed by atoms with Crippen LogP contribution in [0.2, 0.25) is 5.02 Å². The smallest absolute Gasteiger partial charge is 0.0460 e. The maximum absolute atomic E-state index is 5.96. The van der Waals surface area contributed by atoms with Gasteiger partial charge in [0.05, 0.1) is 0 Å². The van der Waals surface area contributed by atoms with Gasteiger partial charge in [0.1, 0.15) is 0 Å². The van der Waals surface area contributed by atoms with Crippen molar-refractivity contribution in [2.24, 2.45) is 0 Å². The Hall–Kier alpha value is -0.530. The predicted octanol–water partition coefficient (Wildman–Crippen LogP) is 3.81. The molecule has 2 aliphatic carbocycles. The second-order valence-corrected chi connectivity index (χ2v) is 5.67. The quantitative estimate of drug-likeness (QED) is 0.770. The van der Waals surface area contributed by atoms with Crippen LogP contribution in [0.4, 0.5) is 0 Å². The van der Waals surface area contributed by atoms with Crippen molar-refractivity contribution in [1.82, 2.24) is 4.90 Å². The second-order valence-electron chi connectivity index (χ2n) is 5.23. The third kappa shape index (κ3) is 1.57. The van der Waals surface area contributed by atoms with E-state index in [2.05, 4.69) is 24.1 Å². The van der Waals surface area contributed by atoms with Gasteiger partial charge in [-0.1, -0.05) is 23.7 Å². The molecule has 1 aromatic carbocycles. The van der Waals surface area contributed by atoms with Gasteiger partial charge in [0.15, 0.2) is 0 Å². The van der Waals surface area contributed by atoms with Crippen LogP contribution in [-0.2, 0) is 5.54 Å². The standard InChI is InChI=1S/C14H18ClN/c1-16(13-7-8-13)14(9-2-10-14)11-3-5-12(15)6-4-11/h3-6,13H,2,7-10H2,1H3. The monoisotopic (exact) mass is 235 g/mol. The Morgan fingerprint density at radius 2 is 1.81 bits per heavy atom. The molecule has 0 saturated heterocycles. The Bertz CT molecular complexity index is 376. The fourth-order valence-electron chi connectivity index (χ4n) is 2.93. The van der Waals surface area contributed by atoms with Crippen LogP contribution < -0.4 is 0 Å². The minimum absolute atomic E-state index is 0.325. The average molecular weight is 236 g/mol. The van der Waals surface area contributed by atoms with Crippen LogP contribution in [-0.4, -0.2) is 18.0 Å². The first-order valence-electron chi connectivity index (χ1n) is 6.21. The minimum atomic E-state index is 0.325. The van der Waals surface area contributed by atoms with Crippen molar-refractivity contribution < 1.29 is 0 Å². The summed E-state index contributed by atoms with van der Waals surface area (Å²) < 4.78 is 0. The highest BCUT2D eigenvalue weighted by Crippen LogP contribution is 2.49. The van der Waals surface area contributed by atoms with E-state index in [4.69, 9.17) is 11.6 Å². The fraction of sp³-hybridized carbons (Fsp3) is 0.571. The molecule has 0 unspecified atom stereocenters. The van der Waals surface area contributed by atoms with Crippen molar-refractivity contribution in [2.75, 3.05) is 7.05 Å². The first-order valence-corrected chi connectivity index (χ1v) is 6.59. The summed E-state index contributed by atoms with van der Waals surface area (Å²) in [5.41, 5.74) is 1.78. The molecular formula is C14H18ClN. The number of nitrogens with zero attached hydrogens (tertiary/aromatic N) is 1. The number of benzene rings is 1. The molecule has 0 radical (unpaired) electrons. The molecule has 0 bridgehead atoms. The Kier molecular flexibility index (Phi) is 2.49. The van der Waals surface area contributed by atoms with Crippen molar-refractivity contribution >= 4 is 11.6 Å². The number of halogens is 1. The van der Waals surface area contributed by atoms with E-state index >= 15 is 0 Å². The van der Waals surface area contributed by atoms with Crippen molar-refractivity contribution in [2.45, 2.75) is 43.7 Å². The summed E-state index contributed by atoms with van der Waals surface area (Å²) in [6.45, 7) is 0. The van der Waals surface area contributed by atoms with Gasteiger partial charge >= 0.3 is 0 Å². The Labute approximate surface area is 102 Å². The van der Waals surface area contributed by atoms with E-state index in [-0.39, 0.29) is 0 Å². The van der Waals surface area contributed by atoms with E-state index in [0.29, 0.717) is 5.54 Å². The summed E-state index contributed by atoms with van der Waals surface area (Å²) in [6, 6.07) is 9.30. The second kappa shape index (κ2) is 3.75. The van der Waals surface area contributed by atoms with Crippen LogP contribution in [0.15, 0.2) is 24.3 Å². The molecule has 0 atom stereocenters. The number of rotatable bonds is 3. The van der Waals surface area contributed by atoms with Gasteiger partial charge in [-0.2, -0.15) is 0 Å². The Morgan fingerprint density at radius 1 is 1.19 bits per heavy atom. The molecule has 1 aromatic rings. The van der Waals surface area contributed by atoms with Gasteiger partial charge in [-0.05, 0) is 56.8 Å². The largest absolute Gasteiger partial charge is 0.294 e. The molecule has 2 aliphatic rings. The van der Waals surface area contributed by atoms with Gasteiger partial charge in [0.25, 0.3) is 0 Å². The molecule has 86 valence electrons. The lowest BCUT2D eigenvalue weighted by molar-refractivity contribution is 0.0276. The summed E-state index contributed by atoms with van der Waals surface area (Å²) in [5.74, 6) is 0. The van der Waals surface area contributed by atoms with E-state index in [9.17, 15) is 0 Å². The molecule has 0 spiro atoms. The van der Waals surface area contributed by atoms with E-state index in [1.54, 1.807) is 0 Å². The van der Waals surface area contributed by atoms with Crippen LogP contribution in [0.5, 0.6) is 0 Å². The lowest BCUT2D eigenvalue weighted by atomic mass is 9.70. The van der Waals surface area contributed by atoms with Crippen LogP contribution in [0, 0.1) is 0 Å². The van der Waals surface area contributed by atoms with E-state index in [0.717, 1.165) is 11.1 Å². The molecule has 0 aromatic heterocycles. The van der Waals surface area contributed by atoms with Gasteiger partial charge in [-0.15, -0.1) is 0 Å². The van der Waals surface area contributed by atoms with E-state index < -0.39 is 0 Å². The molecule has 0 heterocycles. The molecular weight excluding hydrogens is 218 g/mol. The highest BCUT2D eigenvalue weighted by molar-refractivity contribution is 6.30. The highest BCUT2D eigenvalue weighted by Gasteiger charge is 2.47. The molecule has 2 fully saturated rings. The van der Waals surface area contributed by atoms with Crippen LogP contribution in [0.1, 0.15) is 37.7 Å². The van der Waals surface area contributed by atoms with Crippen molar-refractivity contribution in [3.8, 4) is 0 Å². The van der Waals surface area contributed by atoms with Gasteiger partial charge in [0.2, 0.25) is 0 Å². The zero-order valence-electron chi connectivity index (χ0n) is 9.75. The predicted molar refractivity (Wildman–Crippen MR) is 67.8 cm³/mol. The molecule has 0 aliphatic heterocycles. The van der Waals surface area contributed by atoms with Crippen molar-refractivity contribution in [1.29, 1.82) is 0 Å². The third-order valence-corrected chi connectivity index (χ3v) is 4.58. The summed E-state index contributed by atoms with van der Waals surface area (Å²) in [5, 5.41) is 0.840. The van der Waals surface area contributed by atoms with Crippen LogP contribution >= 0.6 is 11.6 Å². The first kappa shape index (κ1) is 10.6. The van der Waals surface area contributed by atoms with Gasteiger partial charge in [-0.25, -0.2) is 0 Å². The molecule has 0 amide bonds. The lowest BCUT2D eigenvalue weighted by Crippen LogP contribution is -2.50. The summed E-state index contributed by atoms with van der Waals surface area (Å²) in [4.78, 5) is 2.61. The molecule has 0 N–H and O–H groups in total.